The monoisotopic (exact) mass is 432 g/mol. The highest BCUT2D eigenvalue weighted by molar-refractivity contribution is 5.81. The van der Waals surface area contributed by atoms with Gasteiger partial charge in [0, 0.05) is 26.2 Å². The zero-order valence-electron chi connectivity index (χ0n) is 18.4. The molecule has 166 valence electrons. The molecule has 1 heterocycles. The van der Waals surface area contributed by atoms with Gasteiger partial charge in [-0.15, -0.1) is 0 Å². The van der Waals surface area contributed by atoms with Crippen LogP contribution in [0.25, 0.3) is 0 Å². The van der Waals surface area contributed by atoms with E-state index in [4.69, 9.17) is 4.74 Å². The van der Waals surface area contributed by atoms with Crippen LogP contribution in [-0.2, 0) is 4.79 Å². The molecule has 3 aromatic rings. The molecule has 0 saturated carbocycles. The summed E-state index contributed by atoms with van der Waals surface area (Å²) >= 11 is 0. The van der Waals surface area contributed by atoms with Crippen molar-refractivity contribution < 1.29 is 13.9 Å². The summed E-state index contributed by atoms with van der Waals surface area (Å²) in [6.45, 7) is 4.64. The number of para-hydroxylation sites is 1. The zero-order chi connectivity index (χ0) is 22.3. The first kappa shape index (κ1) is 22.0. The van der Waals surface area contributed by atoms with Gasteiger partial charge in [0.05, 0.1) is 6.04 Å². The van der Waals surface area contributed by atoms with Crippen molar-refractivity contribution in [3.8, 4) is 5.75 Å². The molecule has 0 unspecified atom stereocenters. The van der Waals surface area contributed by atoms with Gasteiger partial charge in [-0.25, -0.2) is 4.39 Å². The van der Waals surface area contributed by atoms with Crippen LogP contribution in [0.1, 0.15) is 30.5 Å². The highest BCUT2D eigenvalue weighted by atomic mass is 19.1. The van der Waals surface area contributed by atoms with Gasteiger partial charge in [0.15, 0.2) is 17.7 Å². The van der Waals surface area contributed by atoms with Crippen molar-refractivity contribution in [2.75, 3.05) is 26.2 Å². The molecule has 1 atom stereocenters. The first-order valence-electron chi connectivity index (χ1n) is 11.2. The molecule has 1 aliphatic rings. The first-order valence-corrected chi connectivity index (χ1v) is 11.2. The van der Waals surface area contributed by atoms with Crippen molar-refractivity contribution in [3.63, 3.8) is 0 Å². The Kier molecular flexibility index (Phi) is 7.17. The van der Waals surface area contributed by atoms with E-state index in [2.05, 4.69) is 53.4 Å². The van der Waals surface area contributed by atoms with Gasteiger partial charge in [0.2, 0.25) is 0 Å². The molecule has 0 aliphatic carbocycles. The predicted octanol–water partition coefficient (Wildman–Crippen LogP) is 4.92. The van der Waals surface area contributed by atoms with E-state index in [-0.39, 0.29) is 17.7 Å². The SMILES string of the molecule is CC[C@@H](Oc1ccccc1F)C(=O)N1CCN(C(c2ccccc2)c2ccccc2)CC1. The largest absolute Gasteiger partial charge is 0.478 e. The van der Waals surface area contributed by atoms with E-state index < -0.39 is 11.9 Å². The number of hydrogen-bond acceptors (Lipinski definition) is 3. The lowest BCUT2D eigenvalue weighted by molar-refractivity contribution is -0.141. The fourth-order valence-corrected chi connectivity index (χ4v) is 4.29. The zero-order valence-corrected chi connectivity index (χ0v) is 18.4. The van der Waals surface area contributed by atoms with Crippen LogP contribution in [-0.4, -0.2) is 48.0 Å². The summed E-state index contributed by atoms with van der Waals surface area (Å²) in [6.07, 6.45) is -0.193. The third-order valence-corrected chi connectivity index (χ3v) is 5.97. The maximum atomic E-state index is 14.0. The first-order chi connectivity index (χ1) is 15.7. The summed E-state index contributed by atoms with van der Waals surface area (Å²) in [7, 11) is 0. The summed E-state index contributed by atoms with van der Waals surface area (Å²) in [5, 5.41) is 0. The molecular formula is C27H29FN2O2. The van der Waals surface area contributed by atoms with Crippen molar-refractivity contribution in [3.05, 3.63) is 102 Å². The van der Waals surface area contributed by atoms with Crippen molar-refractivity contribution in [1.29, 1.82) is 0 Å². The van der Waals surface area contributed by atoms with Gasteiger partial charge < -0.3 is 9.64 Å². The molecule has 0 bridgehead atoms. The minimum absolute atomic E-state index is 0.0774. The Balaban J connectivity index is 1.45. The molecule has 5 heteroatoms. The molecule has 3 aromatic carbocycles. The maximum absolute atomic E-state index is 14.0. The number of halogens is 1. The number of ether oxygens (including phenoxy) is 1. The number of piperazine rings is 1. The molecule has 32 heavy (non-hydrogen) atoms. The Morgan fingerprint density at radius 1 is 0.844 bits per heavy atom. The Morgan fingerprint density at radius 3 is 1.91 bits per heavy atom. The van der Waals surface area contributed by atoms with E-state index in [0.29, 0.717) is 19.5 Å². The molecule has 1 amide bonds. The minimum Gasteiger partial charge on any atom is -0.478 e. The molecule has 4 nitrogen and oxygen atoms in total. The highest BCUT2D eigenvalue weighted by Gasteiger charge is 2.31. The van der Waals surface area contributed by atoms with E-state index >= 15 is 0 Å². The van der Waals surface area contributed by atoms with Crippen LogP contribution >= 0.6 is 0 Å². The molecule has 4 rings (SSSR count). The van der Waals surface area contributed by atoms with Crippen molar-refractivity contribution in [2.45, 2.75) is 25.5 Å². The number of amides is 1. The number of rotatable bonds is 7. The second-order valence-corrected chi connectivity index (χ2v) is 8.03. The Bertz CT molecular complexity index is 965. The standard InChI is InChI=1S/C27H29FN2O2/c1-2-24(32-25-16-10-9-15-23(25)28)27(31)30-19-17-29(18-20-30)26(21-11-5-3-6-12-21)22-13-7-4-8-14-22/h3-16,24,26H,2,17-20H2,1H3/t24-/m1/s1. The smallest absolute Gasteiger partial charge is 0.263 e. The molecule has 0 radical (unpaired) electrons. The van der Waals surface area contributed by atoms with Gasteiger partial charge in [-0.2, -0.15) is 0 Å². The van der Waals surface area contributed by atoms with E-state index in [1.54, 1.807) is 18.2 Å². The minimum atomic E-state index is -0.683. The van der Waals surface area contributed by atoms with Crippen LogP contribution in [0.3, 0.4) is 0 Å². The fraction of sp³-hybridized carbons (Fsp3) is 0.296. The maximum Gasteiger partial charge on any atom is 0.263 e. The van der Waals surface area contributed by atoms with E-state index in [9.17, 15) is 9.18 Å². The quantitative estimate of drug-likeness (QED) is 0.531. The van der Waals surface area contributed by atoms with E-state index in [1.165, 1.54) is 17.2 Å². The molecule has 0 spiro atoms. The van der Waals surface area contributed by atoms with Gasteiger partial charge in [-0.05, 0) is 29.7 Å². The second-order valence-electron chi connectivity index (χ2n) is 8.03. The van der Waals surface area contributed by atoms with Crippen LogP contribution in [0.2, 0.25) is 0 Å². The van der Waals surface area contributed by atoms with Gasteiger partial charge in [-0.3, -0.25) is 9.69 Å². The molecule has 1 aliphatic heterocycles. The van der Waals surface area contributed by atoms with Gasteiger partial charge >= 0.3 is 0 Å². The lowest BCUT2D eigenvalue weighted by Crippen LogP contribution is -2.53. The van der Waals surface area contributed by atoms with Crippen molar-refractivity contribution >= 4 is 5.91 Å². The second kappa shape index (κ2) is 10.4. The van der Waals surface area contributed by atoms with Crippen LogP contribution in [0.4, 0.5) is 4.39 Å². The van der Waals surface area contributed by atoms with Crippen molar-refractivity contribution in [2.24, 2.45) is 0 Å². The third-order valence-electron chi connectivity index (χ3n) is 5.97. The predicted molar refractivity (Wildman–Crippen MR) is 124 cm³/mol. The van der Waals surface area contributed by atoms with Crippen molar-refractivity contribution in [1.82, 2.24) is 9.80 Å². The molecule has 0 aromatic heterocycles. The van der Waals surface area contributed by atoms with Gasteiger partial charge in [0.25, 0.3) is 5.91 Å². The summed E-state index contributed by atoms with van der Waals surface area (Å²) in [4.78, 5) is 17.4. The lowest BCUT2D eigenvalue weighted by atomic mass is 9.96. The number of hydrogen-bond donors (Lipinski definition) is 0. The summed E-state index contributed by atoms with van der Waals surface area (Å²) in [5.41, 5.74) is 2.49. The summed E-state index contributed by atoms with van der Waals surface area (Å²) < 4.78 is 19.7. The third kappa shape index (κ3) is 5.00. The fourth-order valence-electron chi connectivity index (χ4n) is 4.29. The average molecular weight is 433 g/mol. The molecule has 1 fully saturated rings. The summed E-state index contributed by atoms with van der Waals surface area (Å²) in [6, 6.07) is 27.3. The molecular weight excluding hydrogens is 403 g/mol. The average Bonchev–Trinajstić information content (AvgIpc) is 2.85. The molecule has 1 saturated heterocycles. The number of carbonyl (C=O) groups is 1. The van der Waals surface area contributed by atoms with Gasteiger partial charge in [0.1, 0.15) is 0 Å². The highest BCUT2D eigenvalue weighted by Crippen LogP contribution is 2.29. The van der Waals surface area contributed by atoms with Gasteiger partial charge in [-0.1, -0.05) is 79.7 Å². The molecule has 0 N–H and O–H groups in total. The summed E-state index contributed by atoms with van der Waals surface area (Å²) in [5.74, 6) is -0.400. The number of nitrogens with zero attached hydrogens (tertiary/aromatic N) is 2. The van der Waals surface area contributed by atoms with Crippen LogP contribution in [0, 0.1) is 5.82 Å². The number of benzene rings is 3. The van der Waals surface area contributed by atoms with Crippen LogP contribution < -0.4 is 4.74 Å². The number of carbonyl (C=O) groups excluding carboxylic acids is 1. The van der Waals surface area contributed by atoms with E-state index in [1.807, 2.05) is 24.0 Å². The van der Waals surface area contributed by atoms with E-state index in [0.717, 1.165) is 13.1 Å². The lowest BCUT2D eigenvalue weighted by Gasteiger charge is -2.40. The normalized spacial score (nSPS) is 15.5. The Hall–Kier alpha value is -3.18. The Morgan fingerprint density at radius 2 is 1.38 bits per heavy atom. The van der Waals surface area contributed by atoms with Crippen LogP contribution in [0.15, 0.2) is 84.9 Å². The van der Waals surface area contributed by atoms with Crippen LogP contribution in [0.5, 0.6) is 5.75 Å². The topological polar surface area (TPSA) is 32.8 Å². The Labute approximate surface area is 189 Å².